The number of guanidine groups is 1. The first-order chi connectivity index (χ1) is 10.1. The van der Waals surface area contributed by atoms with Gasteiger partial charge in [-0.15, -0.1) is 0 Å². The van der Waals surface area contributed by atoms with Crippen LogP contribution in [-0.2, 0) is 9.53 Å². The van der Waals surface area contributed by atoms with Gasteiger partial charge in [0.1, 0.15) is 0 Å². The fourth-order valence-electron chi connectivity index (χ4n) is 2.85. The van der Waals surface area contributed by atoms with Crippen LogP contribution in [0.3, 0.4) is 0 Å². The normalized spacial score (nSPS) is 17.6. The summed E-state index contributed by atoms with van der Waals surface area (Å²) < 4.78 is 5.29. The number of ether oxygens (including phenoxy) is 1. The molecule has 0 atom stereocenters. The van der Waals surface area contributed by atoms with Gasteiger partial charge in [-0.3, -0.25) is 9.79 Å². The molecule has 0 heterocycles. The quantitative estimate of drug-likeness (QED) is 0.415. The molecule has 1 aliphatic rings. The summed E-state index contributed by atoms with van der Waals surface area (Å²) in [6.45, 7) is 4.69. The van der Waals surface area contributed by atoms with E-state index in [1.54, 1.807) is 11.9 Å². The molecule has 1 amide bonds. The van der Waals surface area contributed by atoms with Gasteiger partial charge < -0.3 is 20.3 Å². The van der Waals surface area contributed by atoms with Crippen molar-refractivity contribution in [3.63, 3.8) is 0 Å². The lowest BCUT2D eigenvalue weighted by molar-refractivity contribution is -0.138. The third kappa shape index (κ3) is 5.19. The zero-order valence-electron chi connectivity index (χ0n) is 13.9. The van der Waals surface area contributed by atoms with Crippen molar-refractivity contribution in [3.05, 3.63) is 0 Å². The Balaban J connectivity index is 2.50. The lowest BCUT2D eigenvalue weighted by Crippen LogP contribution is -2.49. The maximum Gasteiger partial charge on any atom is 0.230 e. The van der Waals surface area contributed by atoms with E-state index in [-0.39, 0.29) is 11.3 Å². The van der Waals surface area contributed by atoms with E-state index in [0.29, 0.717) is 26.3 Å². The second-order valence-corrected chi connectivity index (χ2v) is 5.74. The van der Waals surface area contributed by atoms with Gasteiger partial charge in [-0.05, 0) is 19.8 Å². The van der Waals surface area contributed by atoms with Crippen LogP contribution in [0.4, 0.5) is 0 Å². The van der Waals surface area contributed by atoms with Crippen molar-refractivity contribution in [2.75, 3.05) is 47.4 Å². The van der Waals surface area contributed by atoms with Gasteiger partial charge in [-0.25, -0.2) is 0 Å². The fraction of sp³-hybridized carbons (Fsp3) is 0.867. The van der Waals surface area contributed by atoms with Gasteiger partial charge in [0.05, 0.1) is 12.0 Å². The van der Waals surface area contributed by atoms with E-state index in [1.807, 2.05) is 21.0 Å². The molecule has 0 radical (unpaired) electrons. The second kappa shape index (κ2) is 8.87. The molecule has 1 fully saturated rings. The van der Waals surface area contributed by atoms with Crippen molar-refractivity contribution in [2.24, 2.45) is 10.4 Å². The number of rotatable bonds is 7. The molecule has 0 unspecified atom stereocenters. The number of hydrogen-bond acceptors (Lipinski definition) is 3. The van der Waals surface area contributed by atoms with Crippen molar-refractivity contribution < 1.29 is 9.53 Å². The zero-order chi connectivity index (χ0) is 15.7. The third-order valence-corrected chi connectivity index (χ3v) is 3.98. The first-order valence-corrected chi connectivity index (χ1v) is 7.80. The van der Waals surface area contributed by atoms with Crippen LogP contribution in [-0.4, -0.2) is 64.2 Å². The molecular formula is C15H30N4O2. The maximum atomic E-state index is 12.5. The number of aliphatic imine (C=N–C) groups is 1. The SMILES string of the molecule is CCOCCNC(=NC)NCC1(C(=O)N(C)C)CCCC1. The van der Waals surface area contributed by atoms with Crippen LogP contribution in [0.1, 0.15) is 32.6 Å². The predicted octanol–water partition coefficient (Wildman–Crippen LogP) is 0.837. The molecule has 2 N–H and O–H groups in total. The van der Waals surface area contributed by atoms with Crippen LogP contribution in [0.2, 0.25) is 0 Å². The highest BCUT2D eigenvalue weighted by molar-refractivity contribution is 5.85. The van der Waals surface area contributed by atoms with E-state index in [2.05, 4.69) is 15.6 Å². The van der Waals surface area contributed by atoms with E-state index >= 15 is 0 Å². The molecule has 6 heteroatoms. The largest absolute Gasteiger partial charge is 0.380 e. The average Bonchev–Trinajstić information content (AvgIpc) is 2.95. The van der Waals surface area contributed by atoms with Crippen LogP contribution in [0.25, 0.3) is 0 Å². The van der Waals surface area contributed by atoms with E-state index in [9.17, 15) is 4.79 Å². The summed E-state index contributed by atoms with van der Waals surface area (Å²) in [6.07, 6.45) is 4.15. The summed E-state index contributed by atoms with van der Waals surface area (Å²) in [5.74, 6) is 0.949. The number of nitrogens with one attached hydrogen (secondary N) is 2. The summed E-state index contributed by atoms with van der Waals surface area (Å²) in [7, 11) is 5.40. The molecule has 1 aliphatic carbocycles. The Morgan fingerprint density at radius 1 is 1.29 bits per heavy atom. The lowest BCUT2D eigenvalue weighted by Gasteiger charge is -2.31. The Kier molecular flexibility index (Phi) is 7.50. The molecule has 6 nitrogen and oxygen atoms in total. The Morgan fingerprint density at radius 2 is 1.95 bits per heavy atom. The predicted molar refractivity (Wildman–Crippen MR) is 85.5 cm³/mol. The highest BCUT2D eigenvalue weighted by Crippen LogP contribution is 2.38. The van der Waals surface area contributed by atoms with Crippen LogP contribution in [0.5, 0.6) is 0 Å². The highest BCUT2D eigenvalue weighted by atomic mass is 16.5. The van der Waals surface area contributed by atoms with E-state index in [1.165, 1.54) is 0 Å². The first-order valence-electron chi connectivity index (χ1n) is 7.80. The summed E-state index contributed by atoms with van der Waals surface area (Å²) >= 11 is 0. The van der Waals surface area contributed by atoms with Crippen LogP contribution in [0.15, 0.2) is 4.99 Å². The van der Waals surface area contributed by atoms with Crippen molar-refractivity contribution in [1.82, 2.24) is 15.5 Å². The number of amides is 1. The number of nitrogens with zero attached hydrogens (tertiary/aromatic N) is 2. The van der Waals surface area contributed by atoms with Crippen molar-refractivity contribution in [1.29, 1.82) is 0 Å². The summed E-state index contributed by atoms with van der Waals surface area (Å²) in [5.41, 5.74) is -0.277. The van der Waals surface area contributed by atoms with Gasteiger partial charge in [-0.2, -0.15) is 0 Å². The smallest absolute Gasteiger partial charge is 0.230 e. The van der Waals surface area contributed by atoms with Crippen LogP contribution in [0, 0.1) is 5.41 Å². The molecule has 122 valence electrons. The summed E-state index contributed by atoms with van der Waals surface area (Å²) in [5, 5.41) is 6.50. The third-order valence-electron chi connectivity index (χ3n) is 3.98. The molecule has 0 bridgehead atoms. The molecular weight excluding hydrogens is 268 g/mol. The fourth-order valence-corrected chi connectivity index (χ4v) is 2.85. The Bertz CT molecular complexity index is 350. The monoisotopic (exact) mass is 298 g/mol. The molecule has 0 aromatic heterocycles. The van der Waals surface area contributed by atoms with Gasteiger partial charge >= 0.3 is 0 Å². The number of hydrogen-bond donors (Lipinski definition) is 2. The number of carbonyl (C=O) groups excluding carboxylic acids is 1. The molecule has 0 saturated heterocycles. The Labute approximate surface area is 128 Å². The van der Waals surface area contributed by atoms with E-state index in [0.717, 1.165) is 31.6 Å². The molecule has 21 heavy (non-hydrogen) atoms. The van der Waals surface area contributed by atoms with Gasteiger partial charge in [0.2, 0.25) is 5.91 Å². The second-order valence-electron chi connectivity index (χ2n) is 5.74. The molecule has 1 rings (SSSR count). The molecule has 0 aromatic rings. The van der Waals surface area contributed by atoms with E-state index in [4.69, 9.17) is 4.74 Å². The van der Waals surface area contributed by atoms with Crippen LogP contribution < -0.4 is 10.6 Å². The molecule has 0 spiro atoms. The standard InChI is InChI=1S/C15H30N4O2/c1-5-21-11-10-17-14(16-2)18-12-15(8-6-7-9-15)13(20)19(3)4/h5-12H2,1-4H3,(H2,16,17,18). The Morgan fingerprint density at radius 3 is 2.48 bits per heavy atom. The lowest BCUT2D eigenvalue weighted by atomic mass is 9.84. The minimum absolute atomic E-state index is 0.220. The first kappa shape index (κ1) is 17.8. The minimum atomic E-state index is -0.277. The number of carbonyl (C=O) groups is 1. The highest BCUT2D eigenvalue weighted by Gasteiger charge is 2.42. The van der Waals surface area contributed by atoms with Gasteiger partial charge in [-0.1, -0.05) is 12.8 Å². The summed E-state index contributed by atoms with van der Waals surface area (Å²) in [6, 6.07) is 0. The minimum Gasteiger partial charge on any atom is -0.380 e. The van der Waals surface area contributed by atoms with Crippen molar-refractivity contribution in [3.8, 4) is 0 Å². The average molecular weight is 298 g/mol. The zero-order valence-corrected chi connectivity index (χ0v) is 13.9. The van der Waals surface area contributed by atoms with Gasteiger partial charge in [0, 0.05) is 40.8 Å². The Hall–Kier alpha value is -1.30. The molecule has 0 aliphatic heterocycles. The topological polar surface area (TPSA) is 66.0 Å². The maximum absolute atomic E-state index is 12.5. The van der Waals surface area contributed by atoms with Crippen molar-refractivity contribution in [2.45, 2.75) is 32.6 Å². The summed E-state index contributed by atoms with van der Waals surface area (Å²) in [4.78, 5) is 18.4. The van der Waals surface area contributed by atoms with Gasteiger partial charge in [0.15, 0.2) is 5.96 Å². The van der Waals surface area contributed by atoms with E-state index < -0.39 is 0 Å². The molecule has 0 aromatic carbocycles. The molecule has 1 saturated carbocycles. The van der Waals surface area contributed by atoms with Gasteiger partial charge in [0.25, 0.3) is 0 Å². The van der Waals surface area contributed by atoms with Crippen LogP contribution >= 0.6 is 0 Å². The van der Waals surface area contributed by atoms with Crippen molar-refractivity contribution >= 4 is 11.9 Å².